The standard InChI is InChI=1S/C12H12F2N4OS2/c1-7(20-12-15-6-16-18-12)10(19)17-8-2-4-9(5-3-8)21-11(13)14/h2-7,11H,1H3,(H,17,19)(H,15,16,18). The first-order valence-corrected chi connectivity index (χ1v) is 7.68. The van der Waals surface area contributed by atoms with Gasteiger partial charge in [0.1, 0.15) is 6.33 Å². The minimum atomic E-state index is -2.45. The Morgan fingerprint density at radius 3 is 2.57 bits per heavy atom. The molecule has 1 heterocycles. The van der Waals surface area contributed by atoms with Crippen LogP contribution in [0.15, 0.2) is 40.6 Å². The molecule has 2 aromatic rings. The summed E-state index contributed by atoms with van der Waals surface area (Å²) in [7, 11) is 0. The molecule has 112 valence electrons. The first-order chi connectivity index (χ1) is 10.0. The highest BCUT2D eigenvalue weighted by Gasteiger charge is 2.16. The van der Waals surface area contributed by atoms with Gasteiger partial charge in [-0.15, -0.1) is 0 Å². The average Bonchev–Trinajstić information content (AvgIpc) is 2.93. The number of hydrogen-bond acceptors (Lipinski definition) is 5. The molecule has 0 aliphatic heterocycles. The van der Waals surface area contributed by atoms with E-state index in [4.69, 9.17) is 0 Å². The van der Waals surface area contributed by atoms with Gasteiger partial charge in [0.05, 0.1) is 5.25 Å². The maximum atomic E-state index is 12.2. The molecule has 1 aromatic heterocycles. The van der Waals surface area contributed by atoms with Crippen molar-refractivity contribution in [3.63, 3.8) is 0 Å². The lowest BCUT2D eigenvalue weighted by atomic mass is 10.3. The van der Waals surface area contributed by atoms with Crippen molar-refractivity contribution in [1.29, 1.82) is 0 Å². The van der Waals surface area contributed by atoms with Crippen molar-refractivity contribution in [2.24, 2.45) is 0 Å². The second-order valence-electron chi connectivity index (χ2n) is 3.94. The fraction of sp³-hybridized carbons (Fsp3) is 0.250. The van der Waals surface area contributed by atoms with Crippen molar-refractivity contribution in [1.82, 2.24) is 15.2 Å². The number of aromatic amines is 1. The number of halogens is 2. The number of nitrogens with one attached hydrogen (secondary N) is 2. The normalized spacial score (nSPS) is 12.4. The average molecular weight is 330 g/mol. The minimum absolute atomic E-state index is 0.203. The molecule has 1 atom stereocenters. The summed E-state index contributed by atoms with van der Waals surface area (Å²) in [6.07, 6.45) is 1.37. The number of anilines is 1. The molecule has 0 aliphatic rings. The van der Waals surface area contributed by atoms with Gasteiger partial charge in [0.2, 0.25) is 5.91 Å². The Kier molecular flexibility index (Phi) is 5.57. The summed E-state index contributed by atoms with van der Waals surface area (Å²) in [6.45, 7) is 1.74. The van der Waals surface area contributed by atoms with Gasteiger partial charge in [-0.2, -0.15) is 13.9 Å². The fourth-order valence-corrected chi connectivity index (χ4v) is 2.65. The number of benzene rings is 1. The van der Waals surface area contributed by atoms with E-state index < -0.39 is 5.76 Å². The number of aromatic nitrogens is 3. The van der Waals surface area contributed by atoms with E-state index in [0.29, 0.717) is 27.5 Å². The van der Waals surface area contributed by atoms with E-state index >= 15 is 0 Å². The maximum Gasteiger partial charge on any atom is 0.288 e. The number of nitrogens with zero attached hydrogens (tertiary/aromatic N) is 2. The first-order valence-electron chi connectivity index (χ1n) is 5.92. The van der Waals surface area contributed by atoms with Crippen LogP contribution in [0, 0.1) is 0 Å². The van der Waals surface area contributed by atoms with Crippen LogP contribution in [0.1, 0.15) is 6.92 Å². The number of thioether (sulfide) groups is 2. The van der Waals surface area contributed by atoms with Gasteiger partial charge in [0, 0.05) is 10.6 Å². The second-order valence-corrected chi connectivity index (χ2v) is 6.34. The smallest absolute Gasteiger partial charge is 0.288 e. The predicted octanol–water partition coefficient (Wildman–Crippen LogP) is 3.24. The maximum absolute atomic E-state index is 12.2. The third-order valence-corrected chi connectivity index (χ3v) is 4.11. The molecule has 9 heteroatoms. The molecule has 0 radical (unpaired) electrons. The molecule has 1 amide bonds. The lowest BCUT2D eigenvalue weighted by Gasteiger charge is -2.10. The summed E-state index contributed by atoms with van der Waals surface area (Å²) in [5, 5.41) is 9.27. The van der Waals surface area contributed by atoms with Crippen molar-refractivity contribution in [2.45, 2.75) is 28.0 Å². The van der Waals surface area contributed by atoms with Gasteiger partial charge in [0.25, 0.3) is 5.76 Å². The Bertz CT molecular complexity index is 577. The van der Waals surface area contributed by atoms with Crippen LogP contribution >= 0.6 is 23.5 Å². The number of rotatable bonds is 6. The molecule has 1 aromatic carbocycles. The summed E-state index contributed by atoms with van der Waals surface area (Å²) in [6, 6.07) is 6.27. The van der Waals surface area contributed by atoms with Crippen LogP contribution in [-0.4, -0.2) is 32.1 Å². The van der Waals surface area contributed by atoms with E-state index in [9.17, 15) is 13.6 Å². The summed E-state index contributed by atoms with van der Waals surface area (Å²) >= 11 is 1.71. The molecule has 0 saturated carbocycles. The minimum Gasteiger partial charge on any atom is -0.325 e. The van der Waals surface area contributed by atoms with Crippen LogP contribution in [0.2, 0.25) is 0 Å². The Balaban J connectivity index is 1.89. The van der Waals surface area contributed by atoms with Gasteiger partial charge in [0.15, 0.2) is 5.16 Å². The molecule has 5 nitrogen and oxygen atoms in total. The molecule has 0 bridgehead atoms. The molecule has 2 rings (SSSR count). The van der Waals surface area contributed by atoms with Gasteiger partial charge >= 0.3 is 0 Å². The number of carbonyl (C=O) groups is 1. The summed E-state index contributed by atoms with van der Waals surface area (Å²) in [5.74, 6) is -2.66. The zero-order valence-corrected chi connectivity index (χ0v) is 12.5. The summed E-state index contributed by atoms with van der Waals surface area (Å²) in [4.78, 5) is 16.4. The number of hydrogen-bond donors (Lipinski definition) is 2. The van der Waals surface area contributed by atoms with E-state index in [2.05, 4.69) is 20.5 Å². The van der Waals surface area contributed by atoms with Crippen molar-refractivity contribution in [3.05, 3.63) is 30.6 Å². The zero-order valence-electron chi connectivity index (χ0n) is 10.9. The highest BCUT2D eigenvalue weighted by molar-refractivity contribution is 8.00. The van der Waals surface area contributed by atoms with E-state index in [1.807, 2.05) is 0 Å². The van der Waals surface area contributed by atoms with Gasteiger partial charge in [-0.25, -0.2) is 4.98 Å². The first kappa shape index (κ1) is 15.8. The van der Waals surface area contributed by atoms with E-state index in [1.54, 1.807) is 31.2 Å². The van der Waals surface area contributed by atoms with Crippen molar-refractivity contribution in [3.8, 4) is 0 Å². The van der Waals surface area contributed by atoms with Crippen LogP contribution in [-0.2, 0) is 4.79 Å². The molecule has 0 saturated heterocycles. The summed E-state index contributed by atoms with van der Waals surface area (Å²) < 4.78 is 24.4. The van der Waals surface area contributed by atoms with Crippen molar-refractivity contribution < 1.29 is 13.6 Å². The lowest BCUT2D eigenvalue weighted by molar-refractivity contribution is -0.115. The SMILES string of the molecule is CC(Sc1ncn[nH]1)C(=O)Nc1ccc(SC(F)F)cc1. The predicted molar refractivity (Wildman–Crippen MR) is 78.6 cm³/mol. The van der Waals surface area contributed by atoms with Crippen LogP contribution < -0.4 is 5.32 Å². The molecule has 0 fully saturated rings. The molecule has 0 spiro atoms. The highest BCUT2D eigenvalue weighted by Crippen LogP contribution is 2.26. The number of H-pyrrole nitrogens is 1. The fourth-order valence-electron chi connectivity index (χ4n) is 1.44. The molecular weight excluding hydrogens is 318 g/mol. The second kappa shape index (κ2) is 7.41. The monoisotopic (exact) mass is 330 g/mol. The Morgan fingerprint density at radius 1 is 1.29 bits per heavy atom. The number of carbonyl (C=O) groups excluding carboxylic acids is 1. The molecule has 2 N–H and O–H groups in total. The van der Waals surface area contributed by atoms with Crippen molar-refractivity contribution in [2.75, 3.05) is 5.32 Å². The van der Waals surface area contributed by atoms with E-state index in [0.717, 1.165) is 0 Å². The molecule has 21 heavy (non-hydrogen) atoms. The van der Waals surface area contributed by atoms with Gasteiger partial charge < -0.3 is 5.32 Å². The Labute approximate surface area is 128 Å². The number of amides is 1. The van der Waals surface area contributed by atoms with Gasteiger partial charge in [-0.05, 0) is 31.2 Å². The third-order valence-electron chi connectivity index (χ3n) is 2.40. The van der Waals surface area contributed by atoms with Gasteiger partial charge in [-0.3, -0.25) is 9.89 Å². The van der Waals surface area contributed by atoms with E-state index in [1.165, 1.54) is 18.1 Å². The molecular formula is C12H12F2N4OS2. The quantitative estimate of drug-likeness (QED) is 0.796. The van der Waals surface area contributed by atoms with Crippen LogP contribution in [0.4, 0.5) is 14.5 Å². The highest BCUT2D eigenvalue weighted by atomic mass is 32.2. The molecule has 1 unspecified atom stereocenters. The van der Waals surface area contributed by atoms with Crippen LogP contribution in [0.5, 0.6) is 0 Å². The zero-order chi connectivity index (χ0) is 15.2. The largest absolute Gasteiger partial charge is 0.325 e. The van der Waals surface area contributed by atoms with Crippen molar-refractivity contribution >= 4 is 35.1 Å². The summed E-state index contributed by atoms with van der Waals surface area (Å²) in [5.41, 5.74) is 0.559. The molecule has 0 aliphatic carbocycles. The number of alkyl halides is 2. The Hall–Kier alpha value is -1.61. The van der Waals surface area contributed by atoms with Crippen LogP contribution in [0.25, 0.3) is 0 Å². The van der Waals surface area contributed by atoms with E-state index in [-0.39, 0.29) is 11.2 Å². The Morgan fingerprint density at radius 2 is 2.00 bits per heavy atom. The topological polar surface area (TPSA) is 70.7 Å². The van der Waals surface area contributed by atoms with Crippen LogP contribution in [0.3, 0.4) is 0 Å². The van der Waals surface area contributed by atoms with Gasteiger partial charge in [-0.1, -0.05) is 23.5 Å². The lowest BCUT2D eigenvalue weighted by Crippen LogP contribution is -2.22. The third kappa shape index (κ3) is 5.01.